The topological polar surface area (TPSA) is 28.2 Å². The summed E-state index contributed by atoms with van der Waals surface area (Å²) in [4.78, 5) is 7.71. The Balaban J connectivity index is 2.03. The lowest BCUT2D eigenvalue weighted by Gasteiger charge is -2.32. The van der Waals surface area contributed by atoms with Crippen molar-refractivity contribution in [3.05, 3.63) is 10.6 Å². The maximum Gasteiger partial charge on any atom is 0.391 e. The monoisotopic (exact) mass is 321 g/mol. The largest absolute Gasteiger partial charge is 0.391 e. The number of piperidine rings is 1. The highest BCUT2D eigenvalue weighted by molar-refractivity contribution is 7.15. The number of aromatic nitrogens is 1. The number of alkyl halides is 3. The van der Waals surface area contributed by atoms with E-state index in [9.17, 15) is 13.2 Å². The van der Waals surface area contributed by atoms with E-state index in [4.69, 9.17) is 0 Å². The zero-order valence-corrected chi connectivity index (χ0v) is 13.4. The highest BCUT2D eigenvalue weighted by atomic mass is 32.1. The van der Waals surface area contributed by atoms with E-state index >= 15 is 0 Å². The third-order valence-electron chi connectivity index (χ3n) is 3.95. The van der Waals surface area contributed by atoms with E-state index in [-0.39, 0.29) is 18.9 Å². The molecular weight excluding hydrogens is 299 g/mol. The van der Waals surface area contributed by atoms with Crippen LogP contribution in [-0.4, -0.2) is 30.8 Å². The first-order valence-electron chi connectivity index (χ1n) is 7.35. The fourth-order valence-electron chi connectivity index (χ4n) is 2.73. The summed E-state index contributed by atoms with van der Waals surface area (Å²) in [6.45, 7) is 7.86. The summed E-state index contributed by atoms with van der Waals surface area (Å²) in [5.74, 6) is -1.16. The van der Waals surface area contributed by atoms with Crippen LogP contribution in [0.2, 0.25) is 0 Å². The summed E-state index contributed by atoms with van der Waals surface area (Å²) in [5, 5.41) is 4.20. The number of nitrogens with one attached hydrogen (secondary N) is 1. The Morgan fingerprint density at radius 3 is 2.52 bits per heavy atom. The zero-order chi connectivity index (χ0) is 15.6. The minimum Gasteiger partial charge on any atom is -0.348 e. The van der Waals surface area contributed by atoms with E-state index in [1.165, 1.54) is 4.88 Å². The second-order valence-electron chi connectivity index (χ2n) is 5.53. The Hall–Kier alpha value is -0.820. The average molecular weight is 321 g/mol. The lowest BCUT2D eigenvalue weighted by atomic mass is 9.97. The van der Waals surface area contributed by atoms with E-state index in [1.54, 1.807) is 11.3 Å². The van der Waals surface area contributed by atoms with Crippen molar-refractivity contribution < 1.29 is 13.2 Å². The normalized spacial score (nSPS) is 19.0. The number of anilines is 1. The molecule has 0 saturated carbocycles. The molecule has 1 fully saturated rings. The van der Waals surface area contributed by atoms with Gasteiger partial charge < -0.3 is 10.2 Å². The SMILES string of the molecule is CCNC(C)c1sc(N2CCC(C(F)(F)F)CC2)nc1C. The van der Waals surface area contributed by atoms with Gasteiger partial charge in [-0.05, 0) is 33.2 Å². The van der Waals surface area contributed by atoms with Gasteiger partial charge in [-0.2, -0.15) is 13.2 Å². The van der Waals surface area contributed by atoms with Gasteiger partial charge in [-0.3, -0.25) is 0 Å². The molecule has 0 spiro atoms. The van der Waals surface area contributed by atoms with Crippen LogP contribution in [-0.2, 0) is 0 Å². The second kappa shape index (κ2) is 6.52. The number of aryl methyl sites for hydroxylation is 1. The van der Waals surface area contributed by atoms with Crippen molar-refractivity contribution in [1.29, 1.82) is 0 Å². The molecule has 0 bridgehead atoms. The molecular formula is C14H22F3N3S. The van der Waals surface area contributed by atoms with E-state index < -0.39 is 12.1 Å². The molecule has 1 aromatic heterocycles. The van der Waals surface area contributed by atoms with E-state index in [1.807, 2.05) is 11.8 Å². The molecule has 1 unspecified atom stereocenters. The van der Waals surface area contributed by atoms with E-state index in [2.05, 4.69) is 24.1 Å². The van der Waals surface area contributed by atoms with Gasteiger partial charge in [0.2, 0.25) is 0 Å². The maximum atomic E-state index is 12.7. The molecule has 7 heteroatoms. The molecule has 1 saturated heterocycles. The smallest absolute Gasteiger partial charge is 0.348 e. The molecule has 0 amide bonds. The van der Waals surface area contributed by atoms with Crippen molar-refractivity contribution in [3.63, 3.8) is 0 Å². The molecule has 0 aliphatic carbocycles. The Labute approximate surface area is 127 Å². The quantitative estimate of drug-likeness (QED) is 0.911. The number of nitrogens with zero attached hydrogens (tertiary/aromatic N) is 2. The summed E-state index contributed by atoms with van der Waals surface area (Å²) in [6, 6.07) is 0.231. The van der Waals surface area contributed by atoms with Gasteiger partial charge in [-0.1, -0.05) is 6.92 Å². The number of halogens is 3. The van der Waals surface area contributed by atoms with Gasteiger partial charge in [0, 0.05) is 24.0 Å². The van der Waals surface area contributed by atoms with Crippen molar-refractivity contribution >= 4 is 16.5 Å². The van der Waals surface area contributed by atoms with Crippen LogP contribution in [0.1, 0.15) is 43.3 Å². The Morgan fingerprint density at radius 2 is 2.00 bits per heavy atom. The van der Waals surface area contributed by atoms with Crippen molar-refractivity contribution in [2.24, 2.45) is 5.92 Å². The molecule has 1 N–H and O–H groups in total. The van der Waals surface area contributed by atoms with Gasteiger partial charge in [0.25, 0.3) is 0 Å². The first kappa shape index (κ1) is 16.5. The minimum atomic E-state index is -4.06. The van der Waals surface area contributed by atoms with Gasteiger partial charge in [0.1, 0.15) is 0 Å². The molecule has 2 heterocycles. The molecule has 1 aliphatic heterocycles. The molecule has 3 nitrogen and oxygen atoms in total. The predicted octanol–water partition coefficient (Wildman–Crippen LogP) is 3.90. The van der Waals surface area contributed by atoms with E-state index in [0.717, 1.165) is 17.4 Å². The molecule has 21 heavy (non-hydrogen) atoms. The number of rotatable bonds is 4. The predicted molar refractivity (Wildman–Crippen MR) is 79.9 cm³/mol. The van der Waals surface area contributed by atoms with Gasteiger partial charge in [-0.15, -0.1) is 11.3 Å². The molecule has 1 aromatic rings. The van der Waals surface area contributed by atoms with Crippen molar-refractivity contribution in [2.45, 2.75) is 45.8 Å². The maximum absolute atomic E-state index is 12.7. The van der Waals surface area contributed by atoms with Gasteiger partial charge in [0.05, 0.1) is 11.6 Å². The van der Waals surface area contributed by atoms with Gasteiger partial charge in [-0.25, -0.2) is 4.98 Å². The lowest BCUT2D eigenvalue weighted by molar-refractivity contribution is -0.179. The number of hydrogen-bond acceptors (Lipinski definition) is 4. The fraction of sp³-hybridized carbons (Fsp3) is 0.786. The Bertz CT molecular complexity index is 465. The van der Waals surface area contributed by atoms with Crippen LogP contribution in [0.5, 0.6) is 0 Å². The highest BCUT2D eigenvalue weighted by Crippen LogP contribution is 2.37. The van der Waals surface area contributed by atoms with Gasteiger partial charge in [0.15, 0.2) is 5.13 Å². The summed E-state index contributed by atoms with van der Waals surface area (Å²) in [6.07, 6.45) is -3.73. The Kier molecular flexibility index (Phi) is 5.14. The van der Waals surface area contributed by atoms with Crippen LogP contribution in [0.25, 0.3) is 0 Å². The molecule has 0 radical (unpaired) electrons. The van der Waals surface area contributed by atoms with Crippen LogP contribution in [0.3, 0.4) is 0 Å². The van der Waals surface area contributed by atoms with Crippen LogP contribution in [0.15, 0.2) is 0 Å². The van der Waals surface area contributed by atoms with Crippen molar-refractivity contribution in [3.8, 4) is 0 Å². The summed E-state index contributed by atoms with van der Waals surface area (Å²) >= 11 is 1.59. The summed E-state index contributed by atoms with van der Waals surface area (Å²) in [7, 11) is 0. The highest BCUT2D eigenvalue weighted by Gasteiger charge is 2.41. The summed E-state index contributed by atoms with van der Waals surface area (Å²) < 4.78 is 38.1. The first-order chi connectivity index (χ1) is 9.82. The minimum absolute atomic E-state index is 0.167. The van der Waals surface area contributed by atoms with Crippen molar-refractivity contribution in [1.82, 2.24) is 10.3 Å². The molecule has 1 atom stereocenters. The molecule has 2 rings (SSSR count). The number of thiazole rings is 1. The van der Waals surface area contributed by atoms with Crippen molar-refractivity contribution in [2.75, 3.05) is 24.5 Å². The molecule has 120 valence electrons. The van der Waals surface area contributed by atoms with Crippen LogP contribution < -0.4 is 10.2 Å². The average Bonchev–Trinajstić information content (AvgIpc) is 2.80. The number of hydrogen-bond donors (Lipinski definition) is 1. The van der Waals surface area contributed by atoms with Crippen LogP contribution in [0.4, 0.5) is 18.3 Å². The standard InChI is InChI=1S/C14H22F3N3S/c1-4-18-9(2)12-10(3)19-13(21-12)20-7-5-11(6-8-20)14(15,16)17/h9,11,18H,4-8H2,1-3H3. The fourth-order valence-corrected chi connectivity index (χ4v) is 3.87. The zero-order valence-electron chi connectivity index (χ0n) is 12.6. The van der Waals surface area contributed by atoms with Crippen LogP contribution >= 0.6 is 11.3 Å². The second-order valence-corrected chi connectivity index (χ2v) is 6.54. The molecule has 0 aromatic carbocycles. The van der Waals surface area contributed by atoms with Crippen LogP contribution in [0, 0.1) is 12.8 Å². The Morgan fingerprint density at radius 1 is 1.38 bits per heavy atom. The molecule has 1 aliphatic rings. The summed E-state index contributed by atoms with van der Waals surface area (Å²) in [5.41, 5.74) is 0.974. The third-order valence-corrected chi connectivity index (χ3v) is 5.35. The third kappa shape index (κ3) is 3.88. The van der Waals surface area contributed by atoms with Gasteiger partial charge >= 0.3 is 6.18 Å². The van der Waals surface area contributed by atoms with E-state index in [0.29, 0.717) is 13.1 Å². The first-order valence-corrected chi connectivity index (χ1v) is 8.17. The lowest BCUT2D eigenvalue weighted by Crippen LogP contribution is -2.38.